The van der Waals surface area contributed by atoms with E-state index in [0.717, 1.165) is 0 Å². The second-order valence-electron chi connectivity index (χ2n) is 6.83. The van der Waals surface area contributed by atoms with Crippen molar-refractivity contribution in [2.24, 2.45) is 5.10 Å². The van der Waals surface area contributed by atoms with Gasteiger partial charge in [-0.05, 0) is 42.0 Å². The molecule has 0 fully saturated rings. The van der Waals surface area contributed by atoms with Gasteiger partial charge in [-0.3, -0.25) is 9.59 Å². The van der Waals surface area contributed by atoms with Crippen molar-refractivity contribution in [2.45, 2.75) is 0 Å². The molecule has 8 nitrogen and oxygen atoms in total. The van der Waals surface area contributed by atoms with Gasteiger partial charge >= 0.3 is 0 Å². The van der Waals surface area contributed by atoms with Crippen molar-refractivity contribution < 1.29 is 24.2 Å². The SMILES string of the molecule is O=C([O-])COc1ccc(Br)cc1/C=N\NC(=O)/C(=C/c1ccccc1)NC(=O)c1ccccc1. The van der Waals surface area contributed by atoms with Gasteiger partial charge in [-0.15, -0.1) is 0 Å². The summed E-state index contributed by atoms with van der Waals surface area (Å²) in [5.74, 6) is -2.24. The first kappa shape index (κ1) is 24.4. The number of hydrazone groups is 1. The van der Waals surface area contributed by atoms with Gasteiger partial charge in [0.2, 0.25) is 0 Å². The molecule has 9 heteroatoms. The zero-order chi connectivity index (χ0) is 24.3. The van der Waals surface area contributed by atoms with Crippen LogP contribution >= 0.6 is 15.9 Å². The molecule has 0 bridgehead atoms. The molecule has 3 rings (SSSR count). The van der Waals surface area contributed by atoms with Crippen LogP contribution in [0.2, 0.25) is 0 Å². The molecule has 0 radical (unpaired) electrons. The van der Waals surface area contributed by atoms with Crippen molar-refractivity contribution in [3.63, 3.8) is 0 Å². The summed E-state index contributed by atoms with van der Waals surface area (Å²) in [6.45, 7) is -0.635. The smallest absolute Gasteiger partial charge is 0.287 e. The molecule has 0 aliphatic rings. The van der Waals surface area contributed by atoms with Crippen LogP contribution in [-0.4, -0.2) is 30.6 Å². The number of carboxylic acid groups (broad SMARTS) is 1. The minimum Gasteiger partial charge on any atom is -0.546 e. The van der Waals surface area contributed by atoms with E-state index >= 15 is 0 Å². The van der Waals surface area contributed by atoms with Crippen molar-refractivity contribution in [2.75, 3.05) is 6.61 Å². The Morgan fingerprint density at radius 2 is 1.65 bits per heavy atom. The Morgan fingerprint density at radius 1 is 0.971 bits per heavy atom. The van der Waals surface area contributed by atoms with Crippen molar-refractivity contribution in [1.29, 1.82) is 0 Å². The number of hydrogen-bond donors (Lipinski definition) is 2. The molecule has 2 amide bonds. The number of benzene rings is 3. The van der Waals surface area contributed by atoms with Gasteiger partial charge in [-0.1, -0.05) is 64.5 Å². The summed E-state index contributed by atoms with van der Waals surface area (Å²) in [6, 6.07) is 22.4. The lowest BCUT2D eigenvalue weighted by Crippen LogP contribution is -2.32. The number of nitrogens with zero attached hydrogens (tertiary/aromatic N) is 1. The number of carbonyl (C=O) groups excluding carboxylic acids is 3. The quantitative estimate of drug-likeness (QED) is 0.255. The average molecular weight is 521 g/mol. The number of ether oxygens (including phenoxy) is 1. The third-order valence-electron chi connectivity index (χ3n) is 4.33. The van der Waals surface area contributed by atoms with Crippen molar-refractivity contribution in [3.05, 3.63) is 106 Å². The Kier molecular flexibility index (Phi) is 8.70. The van der Waals surface area contributed by atoms with Gasteiger partial charge in [0, 0.05) is 15.6 Å². The normalized spacial score (nSPS) is 11.1. The van der Waals surface area contributed by atoms with Crippen LogP contribution in [0.3, 0.4) is 0 Å². The van der Waals surface area contributed by atoms with Gasteiger partial charge in [0.1, 0.15) is 18.1 Å². The molecule has 0 atom stereocenters. The van der Waals surface area contributed by atoms with Gasteiger partial charge in [-0.25, -0.2) is 5.43 Å². The number of carboxylic acids is 1. The molecule has 3 aromatic rings. The van der Waals surface area contributed by atoms with Crippen molar-refractivity contribution in [1.82, 2.24) is 10.7 Å². The van der Waals surface area contributed by atoms with Gasteiger partial charge < -0.3 is 20.0 Å². The minimum absolute atomic E-state index is 0.0140. The highest BCUT2D eigenvalue weighted by molar-refractivity contribution is 9.10. The van der Waals surface area contributed by atoms with Crippen LogP contribution in [0.5, 0.6) is 5.75 Å². The predicted molar refractivity (Wildman–Crippen MR) is 129 cm³/mol. The fourth-order valence-corrected chi connectivity index (χ4v) is 3.15. The van der Waals surface area contributed by atoms with E-state index in [9.17, 15) is 19.5 Å². The summed E-state index contributed by atoms with van der Waals surface area (Å²) in [4.78, 5) is 36.1. The highest BCUT2D eigenvalue weighted by Crippen LogP contribution is 2.21. The van der Waals surface area contributed by atoms with Gasteiger partial charge in [-0.2, -0.15) is 5.10 Å². The van der Waals surface area contributed by atoms with E-state index in [1.54, 1.807) is 72.8 Å². The zero-order valence-electron chi connectivity index (χ0n) is 17.7. The number of rotatable bonds is 9. The maximum absolute atomic E-state index is 12.8. The molecule has 0 saturated carbocycles. The summed E-state index contributed by atoms with van der Waals surface area (Å²) in [5.41, 5.74) is 3.86. The molecule has 3 aromatic carbocycles. The second-order valence-corrected chi connectivity index (χ2v) is 7.75. The lowest BCUT2D eigenvalue weighted by molar-refractivity contribution is -0.307. The summed E-state index contributed by atoms with van der Waals surface area (Å²) >= 11 is 3.32. The third kappa shape index (κ3) is 7.42. The maximum atomic E-state index is 12.8. The second kappa shape index (κ2) is 12.1. The molecule has 34 heavy (non-hydrogen) atoms. The van der Waals surface area contributed by atoms with Gasteiger partial charge in [0.25, 0.3) is 11.8 Å². The molecule has 0 aliphatic carbocycles. The van der Waals surface area contributed by atoms with Crippen LogP contribution in [0.25, 0.3) is 6.08 Å². The van der Waals surface area contributed by atoms with Crippen molar-refractivity contribution >= 4 is 46.0 Å². The molecule has 0 aliphatic heterocycles. The lowest BCUT2D eigenvalue weighted by Gasteiger charge is -2.11. The number of halogens is 1. The van der Waals surface area contributed by atoms with E-state index in [1.165, 1.54) is 12.3 Å². The van der Waals surface area contributed by atoms with E-state index in [1.807, 2.05) is 6.07 Å². The Hall–Kier alpha value is -4.24. The number of aliphatic carboxylic acids is 1. The van der Waals surface area contributed by atoms with Crippen LogP contribution < -0.4 is 20.6 Å². The highest BCUT2D eigenvalue weighted by atomic mass is 79.9. The molecule has 0 unspecified atom stereocenters. The largest absolute Gasteiger partial charge is 0.546 e. The molecule has 0 saturated heterocycles. The zero-order valence-corrected chi connectivity index (χ0v) is 19.3. The topological polar surface area (TPSA) is 120 Å². The van der Waals surface area contributed by atoms with E-state index in [-0.39, 0.29) is 11.4 Å². The third-order valence-corrected chi connectivity index (χ3v) is 4.82. The average Bonchev–Trinajstić information content (AvgIpc) is 2.84. The first-order valence-corrected chi connectivity index (χ1v) is 10.8. The van der Waals surface area contributed by atoms with Crippen LogP contribution in [0, 0.1) is 0 Å². The monoisotopic (exact) mass is 520 g/mol. The molecule has 2 N–H and O–H groups in total. The molecule has 0 heterocycles. The fourth-order valence-electron chi connectivity index (χ4n) is 2.77. The standard InChI is InChI=1S/C25H20BrN3O5/c26-20-11-12-22(34-16-23(30)31)19(14-20)15-27-29-25(33)21(13-17-7-3-1-4-8-17)28-24(32)18-9-5-2-6-10-18/h1-15H,16H2,(H,28,32)(H,29,33)(H,30,31)/p-1/b21-13-,27-15-. The lowest BCUT2D eigenvalue weighted by atomic mass is 10.1. The van der Waals surface area contributed by atoms with Crippen LogP contribution in [0.4, 0.5) is 0 Å². The van der Waals surface area contributed by atoms with E-state index in [2.05, 4.69) is 31.8 Å². The Bertz CT molecular complexity index is 1230. The van der Waals surface area contributed by atoms with Crippen LogP contribution in [0.1, 0.15) is 21.5 Å². The first-order chi connectivity index (χ1) is 16.4. The van der Waals surface area contributed by atoms with Gasteiger partial charge in [0.15, 0.2) is 0 Å². The van der Waals surface area contributed by atoms with Crippen molar-refractivity contribution in [3.8, 4) is 5.75 Å². The minimum atomic E-state index is -1.37. The maximum Gasteiger partial charge on any atom is 0.287 e. The predicted octanol–water partition coefficient (Wildman–Crippen LogP) is 2.50. The summed E-state index contributed by atoms with van der Waals surface area (Å²) in [7, 11) is 0. The summed E-state index contributed by atoms with van der Waals surface area (Å²) < 4.78 is 5.88. The first-order valence-electron chi connectivity index (χ1n) is 10.0. The van der Waals surface area contributed by atoms with Crippen LogP contribution in [0.15, 0.2) is 94.1 Å². The fraction of sp³-hybridized carbons (Fsp3) is 0.0400. The number of nitrogens with one attached hydrogen (secondary N) is 2. The Balaban J connectivity index is 1.79. The summed E-state index contributed by atoms with van der Waals surface area (Å²) in [5, 5.41) is 17.2. The number of hydrogen-bond acceptors (Lipinski definition) is 6. The molecular formula is C25H19BrN3O5-. The van der Waals surface area contributed by atoms with E-state index in [0.29, 0.717) is 21.2 Å². The molecule has 0 aromatic heterocycles. The molecule has 0 spiro atoms. The molecular weight excluding hydrogens is 502 g/mol. The number of carbonyl (C=O) groups is 3. The van der Waals surface area contributed by atoms with Gasteiger partial charge in [0.05, 0.1) is 12.2 Å². The Morgan fingerprint density at radius 3 is 2.32 bits per heavy atom. The number of amides is 2. The van der Waals surface area contributed by atoms with E-state index in [4.69, 9.17) is 4.74 Å². The highest BCUT2D eigenvalue weighted by Gasteiger charge is 2.14. The Labute approximate surface area is 204 Å². The summed E-state index contributed by atoms with van der Waals surface area (Å²) in [6.07, 6.45) is 2.83. The molecule has 172 valence electrons. The van der Waals surface area contributed by atoms with E-state index < -0.39 is 24.4 Å². The van der Waals surface area contributed by atoms with Crippen LogP contribution in [-0.2, 0) is 9.59 Å².